The van der Waals surface area contributed by atoms with Gasteiger partial charge in [0, 0.05) is 12.6 Å². The Morgan fingerprint density at radius 2 is 2.06 bits per heavy atom. The number of carbonyl (C=O) groups is 1. The summed E-state index contributed by atoms with van der Waals surface area (Å²) in [5.74, 6) is -1.03. The van der Waals surface area contributed by atoms with E-state index >= 15 is 0 Å². The average molecular weight is 217 g/mol. The molecule has 3 N–H and O–H groups in total. The van der Waals surface area contributed by atoms with Crippen molar-refractivity contribution in [3.05, 3.63) is 36.2 Å². The number of para-hydroxylation sites is 2. The minimum absolute atomic E-state index is 0.188. The van der Waals surface area contributed by atoms with Gasteiger partial charge in [-0.1, -0.05) is 12.1 Å². The maximum absolute atomic E-state index is 10.6. The zero-order valence-corrected chi connectivity index (χ0v) is 8.50. The Bertz CT molecular complexity index is 527. The van der Waals surface area contributed by atoms with E-state index in [0.29, 0.717) is 5.69 Å². The number of nitrogens with zero attached hydrogens (tertiary/aromatic N) is 2. The van der Waals surface area contributed by atoms with Crippen LogP contribution in [-0.2, 0) is 11.2 Å². The lowest BCUT2D eigenvalue weighted by molar-refractivity contribution is -0.138. The molecule has 0 aliphatic heterocycles. The van der Waals surface area contributed by atoms with E-state index < -0.39 is 12.0 Å². The summed E-state index contributed by atoms with van der Waals surface area (Å²) in [5.41, 5.74) is 7.55. The summed E-state index contributed by atoms with van der Waals surface area (Å²) >= 11 is 0. The molecule has 82 valence electrons. The topological polar surface area (TPSA) is 89.1 Å². The number of aliphatic carboxylic acids is 1. The molecular weight excluding hydrogens is 206 g/mol. The number of carboxylic acid groups (broad SMARTS) is 1. The lowest BCUT2D eigenvalue weighted by Crippen LogP contribution is -2.32. The molecule has 0 bridgehead atoms. The van der Waals surface area contributed by atoms with Crippen LogP contribution in [0.3, 0.4) is 0 Å². The van der Waals surface area contributed by atoms with Crippen LogP contribution in [0.2, 0.25) is 0 Å². The van der Waals surface area contributed by atoms with E-state index in [1.54, 1.807) is 6.20 Å². The molecule has 0 fully saturated rings. The molecule has 1 atom stereocenters. The normalized spacial score (nSPS) is 12.6. The molecule has 1 heterocycles. The monoisotopic (exact) mass is 217 g/mol. The molecule has 0 radical (unpaired) electrons. The molecule has 5 heteroatoms. The van der Waals surface area contributed by atoms with Crippen molar-refractivity contribution in [2.75, 3.05) is 0 Å². The van der Waals surface area contributed by atoms with Crippen molar-refractivity contribution in [2.24, 2.45) is 5.73 Å². The van der Waals surface area contributed by atoms with Gasteiger partial charge in [-0.25, -0.2) is 4.98 Å². The number of nitrogens with two attached hydrogens (primary N) is 1. The van der Waals surface area contributed by atoms with Crippen molar-refractivity contribution in [1.82, 2.24) is 9.97 Å². The van der Waals surface area contributed by atoms with Crippen LogP contribution in [0.15, 0.2) is 30.5 Å². The van der Waals surface area contributed by atoms with Crippen molar-refractivity contribution >= 4 is 17.0 Å². The number of fused-ring (bicyclic) bond motifs is 1. The fourth-order valence-corrected chi connectivity index (χ4v) is 1.41. The van der Waals surface area contributed by atoms with Crippen LogP contribution >= 0.6 is 0 Å². The van der Waals surface area contributed by atoms with Crippen molar-refractivity contribution in [1.29, 1.82) is 0 Å². The van der Waals surface area contributed by atoms with Crippen LogP contribution in [0.1, 0.15) is 5.69 Å². The summed E-state index contributed by atoms with van der Waals surface area (Å²) in [6.45, 7) is 0. The molecule has 0 saturated heterocycles. The Morgan fingerprint density at radius 3 is 2.75 bits per heavy atom. The highest BCUT2D eigenvalue weighted by Gasteiger charge is 2.13. The fourth-order valence-electron chi connectivity index (χ4n) is 1.41. The van der Waals surface area contributed by atoms with Gasteiger partial charge in [0.2, 0.25) is 0 Å². The minimum Gasteiger partial charge on any atom is -0.480 e. The van der Waals surface area contributed by atoms with E-state index in [4.69, 9.17) is 10.8 Å². The smallest absolute Gasteiger partial charge is 0.320 e. The highest BCUT2D eigenvalue weighted by Crippen LogP contribution is 2.09. The van der Waals surface area contributed by atoms with E-state index in [9.17, 15) is 4.79 Å². The zero-order chi connectivity index (χ0) is 11.5. The third-order valence-corrected chi connectivity index (χ3v) is 2.24. The Labute approximate surface area is 91.9 Å². The Morgan fingerprint density at radius 1 is 1.38 bits per heavy atom. The van der Waals surface area contributed by atoms with Gasteiger partial charge in [0.05, 0.1) is 16.7 Å². The van der Waals surface area contributed by atoms with Gasteiger partial charge >= 0.3 is 5.97 Å². The summed E-state index contributed by atoms with van der Waals surface area (Å²) in [5, 5.41) is 8.68. The van der Waals surface area contributed by atoms with Gasteiger partial charge in [-0.3, -0.25) is 9.78 Å². The molecule has 0 spiro atoms. The van der Waals surface area contributed by atoms with Gasteiger partial charge in [0.1, 0.15) is 6.04 Å². The van der Waals surface area contributed by atoms with Crippen molar-refractivity contribution in [3.8, 4) is 0 Å². The van der Waals surface area contributed by atoms with Gasteiger partial charge in [-0.15, -0.1) is 0 Å². The summed E-state index contributed by atoms with van der Waals surface area (Å²) in [6.07, 6.45) is 1.75. The molecule has 0 aliphatic rings. The summed E-state index contributed by atoms with van der Waals surface area (Å²) < 4.78 is 0. The standard InChI is InChI=1S/C11H11N3O2/c12-8(11(15)16)5-7-6-13-9-3-1-2-4-10(9)14-7/h1-4,6,8H,5,12H2,(H,15,16)/t8-/m1/s1. The molecule has 1 aromatic heterocycles. The van der Waals surface area contributed by atoms with Crippen LogP contribution in [0.5, 0.6) is 0 Å². The van der Waals surface area contributed by atoms with Crippen molar-refractivity contribution < 1.29 is 9.90 Å². The Balaban J connectivity index is 2.29. The largest absolute Gasteiger partial charge is 0.480 e. The molecule has 0 amide bonds. The first-order valence-corrected chi connectivity index (χ1v) is 4.86. The van der Waals surface area contributed by atoms with E-state index in [0.717, 1.165) is 11.0 Å². The van der Waals surface area contributed by atoms with Gasteiger partial charge in [0.25, 0.3) is 0 Å². The number of aromatic nitrogens is 2. The second-order valence-corrected chi connectivity index (χ2v) is 3.50. The lowest BCUT2D eigenvalue weighted by Gasteiger charge is -2.05. The minimum atomic E-state index is -1.03. The van der Waals surface area contributed by atoms with Crippen LogP contribution in [0.25, 0.3) is 11.0 Å². The first kappa shape index (κ1) is 10.5. The van der Waals surface area contributed by atoms with E-state index in [-0.39, 0.29) is 6.42 Å². The number of benzene rings is 1. The highest BCUT2D eigenvalue weighted by atomic mass is 16.4. The Kier molecular flexibility index (Phi) is 2.78. The number of carboxylic acids is 1. The quantitative estimate of drug-likeness (QED) is 0.785. The predicted octanol–water partition coefficient (Wildman–Crippen LogP) is 0.584. The molecule has 1 aromatic carbocycles. The number of hydrogen-bond acceptors (Lipinski definition) is 4. The first-order chi connectivity index (χ1) is 7.66. The number of hydrogen-bond donors (Lipinski definition) is 2. The van der Waals surface area contributed by atoms with Gasteiger partial charge in [-0.05, 0) is 12.1 Å². The molecular formula is C11H11N3O2. The van der Waals surface area contributed by atoms with E-state index in [2.05, 4.69) is 9.97 Å². The highest BCUT2D eigenvalue weighted by molar-refractivity contribution is 5.75. The molecule has 16 heavy (non-hydrogen) atoms. The molecule has 0 unspecified atom stereocenters. The van der Waals surface area contributed by atoms with Crippen molar-refractivity contribution in [3.63, 3.8) is 0 Å². The second kappa shape index (κ2) is 4.24. The maximum Gasteiger partial charge on any atom is 0.320 e. The molecule has 0 saturated carbocycles. The third-order valence-electron chi connectivity index (χ3n) is 2.24. The van der Waals surface area contributed by atoms with Gasteiger partial charge < -0.3 is 10.8 Å². The molecule has 0 aliphatic carbocycles. The van der Waals surface area contributed by atoms with E-state index in [1.807, 2.05) is 24.3 Å². The van der Waals surface area contributed by atoms with Crippen LogP contribution in [-0.4, -0.2) is 27.1 Å². The zero-order valence-electron chi connectivity index (χ0n) is 8.50. The lowest BCUT2D eigenvalue weighted by atomic mass is 10.2. The third kappa shape index (κ3) is 2.14. The van der Waals surface area contributed by atoms with Crippen LogP contribution in [0, 0.1) is 0 Å². The fraction of sp³-hybridized carbons (Fsp3) is 0.182. The van der Waals surface area contributed by atoms with Gasteiger partial charge in [0.15, 0.2) is 0 Å². The molecule has 5 nitrogen and oxygen atoms in total. The second-order valence-electron chi connectivity index (χ2n) is 3.50. The average Bonchev–Trinajstić information content (AvgIpc) is 2.28. The van der Waals surface area contributed by atoms with Gasteiger partial charge in [-0.2, -0.15) is 0 Å². The summed E-state index contributed by atoms with van der Waals surface area (Å²) in [7, 11) is 0. The summed E-state index contributed by atoms with van der Waals surface area (Å²) in [6, 6.07) is 6.48. The summed E-state index contributed by atoms with van der Waals surface area (Å²) in [4.78, 5) is 19.1. The molecule has 2 aromatic rings. The van der Waals surface area contributed by atoms with Crippen LogP contribution in [0.4, 0.5) is 0 Å². The SMILES string of the molecule is N[C@H](Cc1cnc2ccccc2n1)C(=O)O. The number of rotatable bonds is 3. The van der Waals surface area contributed by atoms with Crippen LogP contribution < -0.4 is 5.73 Å². The molecule has 2 rings (SSSR count). The Hall–Kier alpha value is -2.01. The maximum atomic E-state index is 10.6. The van der Waals surface area contributed by atoms with Crippen molar-refractivity contribution in [2.45, 2.75) is 12.5 Å². The first-order valence-electron chi connectivity index (χ1n) is 4.86. The van der Waals surface area contributed by atoms with E-state index in [1.165, 1.54) is 0 Å². The predicted molar refractivity (Wildman–Crippen MR) is 58.9 cm³/mol.